The van der Waals surface area contributed by atoms with Crippen molar-refractivity contribution in [3.63, 3.8) is 0 Å². The molecule has 0 aliphatic carbocycles. The quantitative estimate of drug-likeness (QED) is 0.688. The summed E-state index contributed by atoms with van der Waals surface area (Å²) >= 11 is 3.40. The lowest BCUT2D eigenvalue weighted by molar-refractivity contribution is 0.239. The summed E-state index contributed by atoms with van der Waals surface area (Å²) in [6.45, 7) is 3.75. The van der Waals surface area contributed by atoms with Gasteiger partial charge in [0, 0.05) is 42.5 Å². The molecule has 2 aromatic heterocycles. The number of H-pyrrole nitrogens is 1. The Morgan fingerprint density at radius 3 is 3.00 bits per heavy atom. The average Bonchev–Trinajstić information content (AvgIpc) is 2.65. The average molecular weight is 430 g/mol. The van der Waals surface area contributed by atoms with E-state index in [2.05, 4.69) is 37.7 Å². The number of fused-ring (bicyclic) bond motifs is 2. The normalized spacial score (nSPS) is 14.4. The van der Waals surface area contributed by atoms with Crippen LogP contribution >= 0.6 is 15.9 Å². The Bertz CT molecular complexity index is 1120. The van der Waals surface area contributed by atoms with Gasteiger partial charge in [-0.25, -0.2) is 4.98 Å². The maximum atomic E-state index is 12.8. The molecule has 0 unspecified atom stereocenters. The third-order valence-electron chi connectivity index (χ3n) is 4.88. The van der Waals surface area contributed by atoms with Crippen LogP contribution in [0.3, 0.4) is 0 Å². The van der Waals surface area contributed by atoms with Crippen molar-refractivity contribution in [1.29, 1.82) is 0 Å². The minimum absolute atomic E-state index is 0.0336. The lowest BCUT2D eigenvalue weighted by Crippen LogP contribution is -2.36. The van der Waals surface area contributed by atoms with E-state index in [-0.39, 0.29) is 11.0 Å². The van der Waals surface area contributed by atoms with Crippen LogP contribution in [0, 0.1) is 0 Å². The van der Waals surface area contributed by atoms with Gasteiger partial charge < -0.3 is 9.40 Å². The maximum Gasteiger partial charge on any atom is 0.255 e. The molecule has 1 N–H and O–H groups in total. The molecule has 27 heavy (non-hydrogen) atoms. The van der Waals surface area contributed by atoms with Crippen LogP contribution in [0.25, 0.3) is 11.0 Å². The van der Waals surface area contributed by atoms with Gasteiger partial charge in [-0.2, -0.15) is 0 Å². The highest BCUT2D eigenvalue weighted by molar-refractivity contribution is 9.10. The number of rotatable bonds is 4. The van der Waals surface area contributed by atoms with E-state index < -0.39 is 0 Å². The molecular formula is C20H20BrN3O3. The lowest BCUT2D eigenvalue weighted by atomic mass is 10.1. The Kier molecular flexibility index (Phi) is 4.97. The zero-order chi connectivity index (χ0) is 19.0. The molecule has 0 saturated heterocycles. The number of halogens is 1. The second-order valence-corrected chi connectivity index (χ2v) is 7.79. The summed E-state index contributed by atoms with van der Waals surface area (Å²) in [6, 6.07) is 5.40. The van der Waals surface area contributed by atoms with Crippen molar-refractivity contribution in [2.75, 3.05) is 6.54 Å². The first-order chi connectivity index (χ1) is 13.0. The SMILES string of the molecule is CCCc1nc2c(c(=O)[nH]1)CN(Cc1coc3ccc(Br)cc3c1=O)CC2. The molecular weight excluding hydrogens is 410 g/mol. The summed E-state index contributed by atoms with van der Waals surface area (Å²) in [6.07, 6.45) is 3.96. The molecule has 0 bridgehead atoms. The molecule has 0 saturated carbocycles. The van der Waals surface area contributed by atoms with Crippen LogP contribution in [0.15, 0.2) is 42.9 Å². The fraction of sp³-hybridized carbons (Fsp3) is 0.350. The van der Waals surface area contributed by atoms with Crippen LogP contribution in [0.2, 0.25) is 0 Å². The molecule has 1 aliphatic heterocycles. The van der Waals surface area contributed by atoms with Gasteiger partial charge >= 0.3 is 0 Å². The third-order valence-corrected chi connectivity index (χ3v) is 5.38. The van der Waals surface area contributed by atoms with Crippen molar-refractivity contribution in [1.82, 2.24) is 14.9 Å². The Morgan fingerprint density at radius 2 is 2.19 bits per heavy atom. The number of aromatic nitrogens is 2. The third kappa shape index (κ3) is 3.61. The Labute approximate surface area is 164 Å². The van der Waals surface area contributed by atoms with Crippen LogP contribution in [-0.2, 0) is 25.9 Å². The van der Waals surface area contributed by atoms with Crippen LogP contribution in [0.1, 0.15) is 36.0 Å². The first-order valence-electron chi connectivity index (χ1n) is 9.08. The van der Waals surface area contributed by atoms with Gasteiger partial charge in [-0.1, -0.05) is 22.9 Å². The molecule has 0 amide bonds. The summed E-state index contributed by atoms with van der Waals surface area (Å²) in [4.78, 5) is 34.8. The highest BCUT2D eigenvalue weighted by Crippen LogP contribution is 2.20. The molecule has 0 spiro atoms. The number of aromatic amines is 1. The molecule has 7 heteroatoms. The largest absolute Gasteiger partial charge is 0.464 e. The summed E-state index contributed by atoms with van der Waals surface area (Å²) < 4.78 is 6.47. The van der Waals surface area contributed by atoms with Gasteiger partial charge in [0.25, 0.3) is 5.56 Å². The molecule has 0 fully saturated rings. The zero-order valence-electron chi connectivity index (χ0n) is 15.0. The number of nitrogens with zero attached hydrogens (tertiary/aromatic N) is 2. The number of benzene rings is 1. The zero-order valence-corrected chi connectivity index (χ0v) is 16.6. The summed E-state index contributed by atoms with van der Waals surface area (Å²) in [7, 11) is 0. The van der Waals surface area contributed by atoms with Crippen LogP contribution in [0.4, 0.5) is 0 Å². The number of hydrogen-bond donors (Lipinski definition) is 1. The maximum absolute atomic E-state index is 12.8. The number of hydrogen-bond acceptors (Lipinski definition) is 5. The van der Waals surface area contributed by atoms with Crippen LogP contribution in [-0.4, -0.2) is 21.4 Å². The highest BCUT2D eigenvalue weighted by atomic mass is 79.9. The minimum Gasteiger partial charge on any atom is -0.464 e. The molecule has 1 aliphatic rings. The Hall–Kier alpha value is -2.25. The van der Waals surface area contributed by atoms with Gasteiger partial charge in [0.15, 0.2) is 5.43 Å². The second-order valence-electron chi connectivity index (χ2n) is 6.88. The standard InChI is InChI=1S/C20H20BrN3O3/c1-2-3-18-22-16-6-7-24(10-15(16)20(26)23-18)9-12-11-27-17-5-4-13(21)8-14(17)19(12)25/h4-5,8,11H,2-3,6-7,9-10H2,1H3,(H,22,23,26). The molecule has 3 heterocycles. The van der Waals surface area contributed by atoms with E-state index in [1.165, 1.54) is 6.26 Å². The smallest absolute Gasteiger partial charge is 0.255 e. The van der Waals surface area contributed by atoms with Crippen molar-refractivity contribution in [2.45, 2.75) is 39.3 Å². The molecule has 0 radical (unpaired) electrons. The van der Waals surface area contributed by atoms with Crippen molar-refractivity contribution in [3.8, 4) is 0 Å². The van der Waals surface area contributed by atoms with E-state index in [0.717, 1.165) is 35.4 Å². The predicted octanol–water partition coefficient (Wildman–Crippen LogP) is 3.15. The van der Waals surface area contributed by atoms with Gasteiger partial charge in [0.2, 0.25) is 0 Å². The van der Waals surface area contributed by atoms with Crippen molar-refractivity contribution >= 4 is 26.9 Å². The Balaban J connectivity index is 1.60. The second kappa shape index (κ2) is 7.40. The van der Waals surface area contributed by atoms with E-state index in [0.29, 0.717) is 41.6 Å². The summed E-state index contributed by atoms with van der Waals surface area (Å²) in [5.74, 6) is 0.760. The summed E-state index contributed by atoms with van der Waals surface area (Å²) in [5, 5.41) is 0.558. The van der Waals surface area contributed by atoms with Crippen molar-refractivity contribution < 1.29 is 4.42 Å². The molecule has 0 atom stereocenters. The number of aryl methyl sites for hydroxylation is 1. The van der Waals surface area contributed by atoms with E-state index in [1.807, 2.05) is 6.07 Å². The highest BCUT2D eigenvalue weighted by Gasteiger charge is 2.22. The van der Waals surface area contributed by atoms with Gasteiger partial charge in [0.05, 0.1) is 22.9 Å². The summed E-state index contributed by atoms with van der Waals surface area (Å²) in [5.41, 5.74) is 2.65. The molecule has 6 nitrogen and oxygen atoms in total. The first-order valence-corrected chi connectivity index (χ1v) is 9.87. The monoisotopic (exact) mass is 429 g/mol. The molecule has 140 valence electrons. The fourth-order valence-electron chi connectivity index (χ4n) is 3.52. The van der Waals surface area contributed by atoms with E-state index in [1.54, 1.807) is 12.1 Å². The minimum atomic E-state index is -0.0670. The van der Waals surface area contributed by atoms with Gasteiger partial charge in [-0.05, 0) is 24.6 Å². The van der Waals surface area contributed by atoms with Gasteiger partial charge in [-0.3, -0.25) is 14.5 Å². The van der Waals surface area contributed by atoms with Gasteiger partial charge in [0.1, 0.15) is 11.4 Å². The van der Waals surface area contributed by atoms with E-state index in [9.17, 15) is 9.59 Å². The molecule has 3 aromatic rings. The number of nitrogens with one attached hydrogen (secondary N) is 1. The first kappa shape index (κ1) is 18.1. The topological polar surface area (TPSA) is 79.2 Å². The van der Waals surface area contributed by atoms with Crippen LogP contribution < -0.4 is 11.0 Å². The fourth-order valence-corrected chi connectivity index (χ4v) is 3.88. The van der Waals surface area contributed by atoms with Crippen LogP contribution in [0.5, 0.6) is 0 Å². The Morgan fingerprint density at radius 1 is 1.33 bits per heavy atom. The van der Waals surface area contributed by atoms with Crippen molar-refractivity contribution in [3.05, 3.63) is 72.2 Å². The molecule has 4 rings (SSSR count). The molecule has 1 aromatic carbocycles. The van der Waals surface area contributed by atoms with Crippen molar-refractivity contribution in [2.24, 2.45) is 0 Å². The predicted molar refractivity (Wildman–Crippen MR) is 107 cm³/mol. The van der Waals surface area contributed by atoms with E-state index >= 15 is 0 Å². The lowest BCUT2D eigenvalue weighted by Gasteiger charge is -2.27. The van der Waals surface area contributed by atoms with E-state index in [4.69, 9.17) is 4.42 Å². The van der Waals surface area contributed by atoms with Gasteiger partial charge in [-0.15, -0.1) is 0 Å².